The van der Waals surface area contributed by atoms with E-state index in [1.807, 2.05) is 41.8 Å². The van der Waals surface area contributed by atoms with Crippen molar-refractivity contribution in [3.8, 4) is 10.4 Å². The van der Waals surface area contributed by atoms with Crippen molar-refractivity contribution in [1.82, 2.24) is 0 Å². The lowest BCUT2D eigenvalue weighted by Crippen LogP contribution is -2.11. The topological polar surface area (TPSA) is 29.1 Å². The van der Waals surface area contributed by atoms with Crippen molar-refractivity contribution in [3.05, 3.63) is 62.1 Å². The van der Waals surface area contributed by atoms with Crippen LogP contribution in [0.4, 0.5) is 5.69 Å². The molecule has 2 aromatic heterocycles. The maximum absolute atomic E-state index is 12.3. The predicted octanol–water partition coefficient (Wildman–Crippen LogP) is 6.04. The van der Waals surface area contributed by atoms with Gasteiger partial charge in [0.05, 0.1) is 9.90 Å². The van der Waals surface area contributed by atoms with Gasteiger partial charge in [0, 0.05) is 16.1 Å². The van der Waals surface area contributed by atoms with Crippen molar-refractivity contribution in [2.75, 3.05) is 5.32 Å². The Morgan fingerprint density at radius 3 is 2.57 bits per heavy atom. The number of carbonyl (C=O) groups excluding carboxylic acids is 1. The van der Waals surface area contributed by atoms with Crippen molar-refractivity contribution >= 4 is 57.5 Å². The number of amides is 1. The van der Waals surface area contributed by atoms with Crippen molar-refractivity contribution < 1.29 is 4.79 Å². The molecule has 106 valence electrons. The summed E-state index contributed by atoms with van der Waals surface area (Å²) in [7, 11) is 0. The summed E-state index contributed by atoms with van der Waals surface area (Å²) in [6.07, 6.45) is 0. The van der Waals surface area contributed by atoms with Crippen LogP contribution >= 0.6 is 45.9 Å². The van der Waals surface area contributed by atoms with E-state index in [1.165, 1.54) is 11.3 Å². The second-order valence-electron chi connectivity index (χ2n) is 4.21. The Bertz CT molecular complexity index is 781. The number of anilines is 1. The second kappa shape index (κ2) is 6.20. The van der Waals surface area contributed by atoms with Crippen LogP contribution in [0.5, 0.6) is 0 Å². The Labute approximate surface area is 140 Å². The Balaban J connectivity index is 1.92. The van der Waals surface area contributed by atoms with Crippen molar-refractivity contribution in [2.24, 2.45) is 0 Å². The molecule has 0 saturated carbocycles. The third-order valence-corrected chi connectivity index (χ3v) is 5.25. The molecule has 1 aromatic carbocycles. The number of halogens is 2. The fourth-order valence-electron chi connectivity index (χ4n) is 1.92. The van der Waals surface area contributed by atoms with Crippen LogP contribution in [0.25, 0.3) is 10.4 Å². The molecular weight excluding hydrogens is 345 g/mol. The van der Waals surface area contributed by atoms with Gasteiger partial charge in [0.2, 0.25) is 0 Å². The van der Waals surface area contributed by atoms with Gasteiger partial charge in [-0.3, -0.25) is 4.79 Å². The third-order valence-electron chi connectivity index (χ3n) is 2.86. The largest absolute Gasteiger partial charge is 0.321 e. The van der Waals surface area contributed by atoms with E-state index in [9.17, 15) is 4.79 Å². The summed E-state index contributed by atoms with van der Waals surface area (Å²) in [6, 6.07) is 13.3. The van der Waals surface area contributed by atoms with Crippen LogP contribution in [0.2, 0.25) is 8.67 Å². The summed E-state index contributed by atoms with van der Waals surface area (Å²) in [5.41, 5.74) is 2.13. The number of benzene rings is 1. The molecule has 21 heavy (non-hydrogen) atoms. The Hall–Kier alpha value is -1.33. The average Bonchev–Trinajstić information content (AvgIpc) is 3.09. The van der Waals surface area contributed by atoms with Crippen LogP contribution in [-0.4, -0.2) is 5.91 Å². The molecule has 0 bridgehead atoms. The molecule has 0 aliphatic carbocycles. The quantitative estimate of drug-likeness (QED) is 0.611. The van der Waals surface area contributed by atoms with Crippen LogP contribution in [0.15, 0.2) is 47.8 Å². The molecule has 3 aromatic rings. The predicted molar refractivity (Wildman–Crippen MR) is 92.0 cm³/mol. The van der Waals surface area contributed by atoms with Crippen LogP contribution in [0.3, 0.4) is 0 Å². The highest BCUT2D eigenvalue weighted by molar-refractivity contribution is 7.20. The van der Waals surface area contributed by atoms with Crippen molar-refractivity contribution in [2.45, 2.75) is 0 Å². The Kier molecular flexibility index (Phi) is 4.31. The maximum Gasteiger partial charge on any atom is 0.258 e. The van der Waals surface area contributed by atoms with Gasteiger partial charge >= 0.3 is 0 Å². The summed E-state index contributed by atoms with van der Waals surface area (Å²) >= 11 is 14.7. The lowest BCUT2D eigenvalue weighted by Gasteiger charge is -2.09. The van der Waals surface area contributed by atoms with Crippen LogP contribution in [0, 0.1) is 0 Å². The normalized spacial score (nSPS) is 10.6. The molecular formula is C15H9Cl2NOS2. The number of hydrogen-bond acceptors (Lipinski definition) is 3. The fourth-order valence-corrected chi connectivity index (χ4v) is 4.15. The lowest BCUT2D eigenvalue weighted by molar-refractivity contribution is 0.102. The van der Waals surface area contributed by atoms with E-state index in [0.717, 1.165) is 16.1 Å². The number of rotatable bonds is 3. The zero-order valence-corrected chi connectivity index (χ0v) is 13.7. The van der Waals surface area contributed by atoms with Crippen molar-refractivity contribution in [1.29, 1.82) is 0 Å². The lowest BCUT2D eigenvalue weighted by atomic mass is 10.1. The Morgan fingerprint density at radius 1 is 1.10 bits per heavy atom. The highest BCUT2D eigenvalue weighted by atomic mass is 35.5. The van der Waals surface area contributed by atoms with Gasteiger partial charge in [-0.05, 0) is 23.6 Å². The van der Waals surface area contributed by atoms with E-state index >= 15 is 0 Å². The first kappa shape index (κ1) is 14.6. The minimum absolute atomic E-state index is 0.257. The SMILES string of the molecule is O=C(Nc1ccccc1-c1cccs1)c1cc(Cl)sc1Cl. The first-order valence-corrected chi connectivity index (χ1v) is 8.49. The number of carbonyl (C=O) groups is 1. The summed E-state index contributed by atoms with van der Waals surface area (Å²) in [5, 5.41) is 4.90. The standard InChI is InChI=1S/C15H9Cl2NOS2/c16-13-8-10(14(17)21-13)15(19)18-11-5-2-1-4-9(11)12-6-3-7-20-12/h1-8H,(H,18,19). The van der Waals surface area contributed by atoms with Crippen LogP contribution in [-0.2, 0) is 0 Å². The van der Waals surface area contributed by atoms with Gasteiger partial charge in [-0.2, -0.15) is 0 Å². The summed E-state index contributed by atoms with van der Waals surface area (Å²) in [5.74, 6) is -0.257. The fraction of sp³-hybridized carbons (Fsp3) is 0. The highest BCUT2D eigenvalue weighted by Gasteiger charge is 2.16. The Morgan fingerprint density at radius 2 is 1.90 bits per heavy atom. The molecule has 1 amide bonds. The van der Waals surface area contributed by atoms with Gasteiger partial charge < -0.3 is 5.32 Å². The molecule has 0 radical (unpaired) electrons. The first-order valence-electron chi connectivity index (χ1n) is 6.04. The zero-order valence-electron chi connectivity index (χ0n) is 10.6. The summed E-state index contributed by atoms with van der Waals surface area (Å²) in [6.45, 7) is 0. The number of nitrogens with one attached hydrogen (secondary N) is 1. The molecule has 2 nitrogen and oxygen atoms in total. The van der Waals surface area contributed by atoms with Crippen LogP contribution in [0.1, 0.15) is 10.4 Å². The molecule has 0 fully saturated rings. The smallest absolute Gasteiger partial charge is 0.258 e. The molecule has 6 heteroatoms. The molecule has 2 heterocycles. The monoisotopic (exact) mass is 353 g/mol. The second-order valence-corrected chi connectivity index (χ2v) is 7.45. The van der Waals surface area contributed by atoms with Crippen LogP contribution < -0.4 is 5.32 Å². The number of para-hydroxylation sites is 1. The van der Waals surface area contributed by atoms with Gasteiger partial charge in [-0.25, -0.2) is 0 Å². The molecule has 3 rings (SSSR count). The van der Waals surface area contributed by atoms with Gasteiger partial charge in [0.15, 0.2) is 0 Å². The molecule has 0 unspecified atom stereocenters. The van der Waals surface area contributed by atoms with Crippen molar-refractivity contribution in [3.63, 3.8) is 0 Å². The molecule has 0 saturated heterocycles. The minimum Gasteiger partial charge on any atom is -0.321 e. The van der Waals surface area contributed by atoms with Gasteiger partial charge in [0.25, 0.3) is 5.91 Å². The van der Waals surface area contributed by atoms with E-state index < -0.39 is 0 Å². The molecule has 0 spiro atoms. The van der Waals surface area contributed by atoms with E-state index in [1.54, 1.807) is 17.4 Å². The average molecular weight is 354 g/mol. The number of thiophene rings is 2. The van der Waals surface area contributed by atoms with Gasteiger partial charge in [0.1, 0.15) is 4.34 Å². The van der Waals surface area contributed by atoms with E-state index in [-0.39, 0.29) is 5.91 Å². The van der Waals surface area contributed by atoms with Gasteiger partial charge in [-0.15, -0.1) is 22.7 Å². The zero-order chi connectivity index (χ0) is 14.8. The molecule has 0 aliphatic rings. The molecule has 0 aliphatic heterocycles. The first-order chi connectivity index (χ1) is 10.1. The molecule has 1 N–H and O–H groups in total. The summed E-state index contributed by atoms with van der Waals surface area (Å²) < 4.78 is 0.891. The maximum atomic E-state index is 12.3. The molecule has 0 atom stereocenters. The number of hydrogen-bond donors (Lipinski definition) is 1. The van der Waals surface area contributed by atoms with E-state index in [2.05, 4.69) is 5.32 Å². The summed E-state index contributed by atoms with van der Waals surface area (Å²) in [4.78, 5) is 13.4. The van der Waals surface area contributed by atoms with E-state index in [4.69, 9.17) is 23.2 Å². The minimum atomic E-state index is -0.257. The van der Waals surface area contributed by atoms with E-state index in [0.29, 0.717) is 14.2 Å². The van der Waals surface area contributed by atoms with Gasteiger partial charge in [-0.1, -0.05) is 47.5 Å². The highest BCUT2D eigenvalue weighted by Crippen LogP contribution is 2.34. The third kappa shape index (κ3) is 3.14.